The molecule has 1 aliphatic carbocycles. The molecule has 2 heterocycles. The van der Waals surface area contributed by atoms with E-state index in [1.165, 1.54) is 22.3 Å². The molecule has 0 aliphatic heterocycles. The largest absolute Gasteiger partial charge is 0.468 e. The van der Waals surface area contributed by atoms with E-state index in [-0.39, 0.29) is 5.92 Å². The third-order valence-electron chi connectivity index (χ3n) is 5.01. The number of aryl methyl sites for hydroxylation is 1. The number of hydrogen-bond acceptors (Lipinski definition) is 2. The van der Waals surface area contributed by atoms with Crippen molar-refractivity contribution in [1.82, 2.24) is 0 Å². The highest BCUT2D eigenvalue weighted by Crippen LogP contribution is 2.43. The van der Waals surface area contributed by atoms with Crippen molar-refractivity contribution in [3.05, 3.63) is 107 Å². The molecule has 122 valence electrons. The Balaban J connectivity index is 1.68. The third kappa shape index (κ3) is 2.33. The maximum atomic E-state index is 6.37. The number of benzene rings is 2. The van der Waals surface area contributed by atoms with Gasteiger partial charge in [-0.1, -0.05) is 54.1 Å². The summed E-state index contributed by atoms with van der Waals surface area (Å²) in [5.74, 6) is 2.88. The van der Waals surface area contributed by atoms with Gasteiger partial charge in [0.2, 0.25) is 0 Å². The Labute approximate surface area is 146 Å². The van der Waals surface area contributed by atoms with Gasteiger partial charge in [0, 0.05) is 12.0 Å². The molecule has 2 nitrogen and oxygen atoms in total. The number of rotatable bonds is 2. The molecule has 0 fully saturated rings. The Morgan fingerprint density at radius 2 is 1.72 bits per heavy atom. The predicted octanol–water partition coefficient (Wildman–Crippen LogP) is 5.93. The minimum atomic E-state index is 0.0224. The van der Waals surface area contributed by atoms with Crippen molar-refractivity contribution in [2.45, 2.75) is 19.3 Å². The van der Waals surface area contributed by atoms with Crippen LogP contribution < -0.4 is 0 Å². The molecule has 4 aromatic rings. The minimum absolute atomic E-state index is 0.0224. The summed E-state index contributed by atoms with van der Waals surface area (Å²) >= 11 is 0. The van der Waals surface area contributed by atoms with Gasteiger partial charge >= 0.3 is 0 Å². The summed E-state index contributed by atoms with van der Waals surface area (Å²) in [6.07, 6.45) is 2.63. The van der Waals surface area contributed by atoms with Crippen LogP contribution >= 0.6 is 0 Å². The van der Waals surface area contributed by atoms with E-state index < -0.39 is 0 Å². The lowest BCUT2D eigenvalue weighted by Crippen LogP contribution is -2.12. The van der Waals surface area contributed by atoms with Crippen molar-refractivity contribution in [2.24, 2.45) is 0 Å². The fraction of sp³-hybridized carbons (Fsp3) is 0.130. The summed E-state index contributed by atoms with van der Waals surface area (Å²) in [4.78, 5) is 0. The zero-order valence-corrected chi connectivity index (χ0v) is 14.0. The number of fused-ring (bicyclic) bond motifs is 2. The van der Waals surface area contributed by atoms with Gasteiger partial charge in [0.25, 0.3) is 0 Å². The van der Waals surface area contributed by atoms with Crippen molar-refractivity contribution in [3.8, 4) is 11.3 Å². The first-order valence-electron chi connectivity index (χ1n) is 8.60. The average Bonchev–Trinajstić information content (AvgIpc) is 3.30. The van der Waals surface area contributed by atoms with Crippen LogP contribution in [0.15, 0.2) is 81.8 Å². The lowest BCUT2D eigenvalue weighted by Gasteiger charge is -2.23. The second-order valence-corrected chi connectivity index (χ2v) is 6.69. The highest BCUT2D eigenvalue weighted by molar-refractivity contribution is 5.62. The molecule has 5 rings (SSSR count). The van der Waals surface area contributed by atoms with Gasteiger partial charge in [-0.25, -0.2) is 0 Å². The second-order valence-electron chi connectivity index (χ2n) is 6.69. The quantitative estimate of drug-likeness (QED) is 0.402. The molecule has 0 amide bonds. The molecule has 0 bridgehead atoms. The minimum Gasteiger partial charge on any atom is -0.468 e. The smallest absolute Gasteiger partial charge is 0.134 e. The molecule has 0 radical (unpaired) electrons. The van der Waals surface area contributed by atoms with Crippen molar-refractivity contribution in [3.63, 3.8) is 0 Å². The molecule has 1 atom stereocenters. The van der Waals surface area contributed by atoms with Crippen LogP contribution in [-0.4, -0.2) is 0 Å². The third-order valence-corrected chi connectivity index (χ3v) is 5.01. The first-order valence-corrected chi connectivity index (χ1v) is 8.60. The van der Waals surface area contributed by atoms with Crippen LogP contribution in [0.3, 0.4) is 0 Å². The van der Waals surface area contributed by atoms with Gasteiger partial charge in [0.05, 0.1) is 6.26 Å². The topological polar surface area (TPSA) is 26.3 Å². The Kier molecular flexibility index (Phi) is 3.17. The molecule has 0 saturated heterocycles. The highest BCUT2D eigenvalue weighted by atomic mass is 16.4. The summed E-state index contributed by atoms with van der Waals surface area (Å²) in [5.41, 5.74) is 6.22. The van der Waals surface area contributed by atoms with Gasteiger partial charge < -0.3 is 8.83 Å². The zero-order chi connectivity index (χ0) is 16.8. The van der Waals surface area contributed by atoms with Crippen molar-refractivity contribution < 1.29 is 8.83 Å². The van der Waals surface area contributed by atoms with Crippen LogP contribution in [0, 0.1) is 6.92 Å². The SMILES string of the molecule is Cc1ccc(-c2cc3c(o2)C(c2ccco2)c2ccccc2C3)cc1. The lowest BCUT2D eigenvalue weighted by atomic mass is 9.81. The van der Waals surface area contributed by atoms with E-state index in [0.29, 0.717) is 0 Å². The van der Waals surface area contributed by atoms with Crippen molar-refractivity contribution >= 4 is 0 Å². The molecule has 2 aromatic heterocycles. The number of furan rings is 2. The fourth-order valence-corrected chi connectivity index (χ4v) is 3.75. The summed E-state index contributed by atoms with van der Waals surface area (Å²) < 4.78 is 12.1. The molecule has 0 saturated carbocycles. The summed E-state index contributed by atoms with van der Waals surface area (Å²) in [6.45, 7) is 2.10. The number of hydrogen-bond donors (Lipinski definition) is 0. The van der Waals surface area contributed by atoms with E-state index in [0.717, 1.165) is 29.3 Å². The van der Waals surface area contributed by atoms with Crippen molar-refractivity contribution in [1.29, 1.82) is 0 Å². The first-order chi connectivity index (χ1) is 12.3. The summed E-state index contributed by atoms with van der Waals surface area (Å²) in [7, 11) is 0. The van der Waals surface area contributed by atoms with Crippen molar-refractivity contribution in [2.75, 3.05) is 0 Å². The standard InChI is InChI=1S/C23H18O2/c1-15-8-10-16(11-9-15)21-14-18-13-17-5-2-3-6-19(17)22(23(18)25-21)20-7-4-12-24-20/h2-12,14,22H,13H2,1H3. The lowest BCUT2D eigenvalue weighted by molar-refractivity contribution is 0.447. The monoisotopic (exact) mass is 326 g/mol. The molecular weight excluding hydrogens is 308 g/mol. The first kappa shape index (κ1) is 14.4. The second kappa shape index (κ2) is 5.52. The van der Waals surface area contributed by atoms with Crippen LogP contribution in [0.2, 0.25) is 0 Å². The van der Waals surface area contributed by atoms with Gasteiger partial charge in [-0.2, -0.15) is 0 Å². The van der Waals surface area contributed by atoms with Gasteiger partial charge in [0.15, 0.2) is 0 Å². The van der Waals surface area contributed by atoms with E-state index in [2.05, 4.69) is 61.5 Å². The van der Waals surface area contributed by atoms with E-state index in [1.807, 2.05) is 12.1 Å². The average molecular weight is 326 g/mol. The van der Waals surface area contributed by atoms with Gasteiger partial charge in [-0.3, -0.25) is 0 Å². The van der Waals surface area contributed by atoms with Crippen LogP contribution in [0.5, 0.6) is 0 Å². The van der Waals surface area contributed by atoms with Crippen LogP contribution in [-0.2, 0) is 6.42 Å². The predicted molar refractivity (Wildman–Crippen MR) is 97.8 cm³/mol. The van der Waals surface area contributed by atoms with Crippen LogP contribution in [0.4, 0.5) is 0 Å². The molecule has 1 unspecified atom stereocenters. The van der Waals surface area contributed by atoms with Crippen LogP contribution in [0.1, 0.15) is 39.7 Å². The molecular formula is C23H18O2. The molecule has 0 spiro atoms. The molecule has 25 heavy (non-hydrogen) atoms. The van der Waals surface area contributed by atoms with E-state index >= 15 is 0 Å². The van der Waals surface area contributed by atoms with E-state index in [4.69, 9.17) is 8.83 Å². The Hall–Kier alpha value is -3.00. The molecule has 1 aliphatic rings. The molecule has 0 N–H and O–H groups in total. The zero-order valence-electron chi connectivity index (χ0n) is 14.0. The Morgan fingerprint density at radius 3 is 2.52 bits per heavy atom. The Morgan fingerprint density at radius 1 is 0.880 bits per heavy atom. The normalized spacial score (nSPS) is 15.6. The van der Waals surface area contributed by atoms with E-state index in [9.17, 15) is 0 Å². The maximum Gasteiger partial charge on any atom is 0.134 e. The van der Waals surface area contributed by atoms with Crippen LogP contribution in [0.25, 0.3) is 11.3 Å². The molecule has 2 heteroatoms. The van der Waals surface area contributed by atoms with E-state index in [1.54, 1.807) is 6.26 Å². The van der Waals surface area contributed by atoms with Gasteiger partial charge in [-0.15, -0.1) is 0 Å². The summed E-state index contributed by atoms with van der Waals surface area (Å²) in [5, 5.41) is 0. The Bertz CT molecular complexity index is 1020. The summed E-state index contributed by atoms with van der Waals surface area (Å²) in [6, 6.07) is 23.2. The maximum absolute atomic E-state index is 6.37. The van der Waals surface area contributed by atoms with Gasteiger partial charge in [-0.05, 0) is 41.8 Å². The highest BCUT2D eigenvalue weighted by Gasteiger charge is 2.32. The fourth-order valence-electron chi connectivity index (χ4n) is 3.75. The van der Waals surface area contributed by atoms with Gasteiger partial charge in [0.1, 0.15) is 23.2 Å². The molecule has 2 aromatic carbocycles.